The highest BCUT2D eigenvalue weighted by Crippen LogP contribution is 2.26. The minimum atomic E-state index is 0.197. The predicted octanol–water partition coefficient (Wildman–Crippen LogP) is 2.90. The molecule has 0 fully saturated rings. The van der Waals surface area contributed by atoms with Crippen LogP contribution < -0.4 is 5.32 Å². The molecule has 2 rings (SSSR count). The van der Waals surface area contributed by atoms with Crippen LogP contribution in [-0.2, 0) is 13.5 Å². The summed E-state index contributed by atoms with van der Waals surface area (Å²) in [6.07, 6.45) is 0.801. The van der Waals surface area contributed by atoms with Crippen molar-refractivity contribution in [1.29, 1.82) is 0 Å². The Labute approximate surface area is 125 Å². The number of halogens is 1. The Bertz CT molecular complexity index is 598. The van der Waals surface area contributed by atoms with Crippen LogP contribution in [0.3, 0.4) is 0 Å². The third-order valence-corrected chi connectivity index (χ3v) is 4.01. The fraction of sp³-hybridized carbons (Fsp3) is 0.467. The van der Waals surface area contributed by atoms with Gasteiger partial charge in [0.05, 0.1) is 16.4 Å². The van der Waals surface area contributed by atoms with Crippen molar-refractivity contribution >= 4 is 11.6 Å². The first-order valence-corrected chi connectivity index (χ1v) is 7.10. The summed E-state index contributed by atoms with van der Waals surface area (Å²) in [5.41, 5.74) is 5.23. The third kappa shape index (κ3) is 3.02. The number of rotatable bonds is 4. The lowest BCUT2D eigenvalue weighted by Crippen LogP contribution is -2.20. The fourth-order valence-corrected chi connectivity index (χ4v) is 2.79. The molecular formula is C15H21ClN4. The molecule has 1 N–H and O–H groups in total. The minimum absolute atomic E-state index is 0.197. The zero-order valence-electron chi connectivity index (χ0n) is 12.7. The van der Waals surface area contributed by atoms with E-state index in [0.717, 1.165) is 34.2 Å². The third-order valence-electron chi connectivity index (χ3n) is 3.51. The average Bonchev–Trinajstić information content (AvgIpc) is 2.60. The molecular weight excluding hydrogens is 272 g/mol. The Morgan fingerprint density at radius 1 is 1.25 bits per heavy atom. The molecule has 2 aromatic rings. The van der Waals surface area contributed by atoms with E-state index in [0.29, 0.717) is 0 Å². The molecule has 0 bridgehead atoms. The summed E-state index contributed by atoms with van der Waals surface area (Å²) in [6.45, 7) is 5.97. The van der Waals surface area contributed by atoms with Crippen LogP contribution in [0.1, 0.15) is 34.4 Å². The number of nitrogens with one attached hydrogen (secondary N) is 1. The fourth-order valence-electron chi connectivity index (χ4n) is 2.55. The largest absolute Gasteiger partial charge is 0.313 e. The van der Waals surface area contributed by atoms with Gasteiger partial charge in [-0.25, -0.2) is 0 Å². The van der Waals surface area contributed by atoms with Gasteiger partial charge in [0.2, 0.25) is 0 Å². The molecule has 0 aliphatic carbocycles. The first-order valence-electron chi connectivity index (χ1n) is 6.72. The molecule has 2 heterocycles. The zero-order valence-corrected chi connectivity index (χ0v) is 13.4. The average molecular weight is 293 g/mol. The number of hydrogen-bond acceptors (Lipinski definition) is 3. The summed E-state index contributed by atoms with van der Waals surface area (Å²) in [6, 6.07) is 4.43. The molecule has 20 heavy (non-hydrogen) atoms. The SMILES string of the molecule is CNC(Cc1c(Cl)c(C)nn1C)c1cc(C)nc(C)c1. The van der Waals surface area contributed by atoms with E-state index in [-0.39, 0.29) is 6.04 Å². The first-order chi connectivity index (χ1) is 9.42. The Kier molecular flexibility index (Phi) is 4.45. The van der Waals surface area contributed by atoms with Crippen molar-refractivity contribution in [2.24, 2.45) is 7.05 Å². The van der Waals surface area contributed by atoms with E-state index in [1.54, 1.807) is 0 Å². The number of aromatic nitrogens is 3. The first kappa shape index (κ1) is 15.0. The molecule has 1 atom stereocenters. The van der Waals surface area contributed by atoms with Gasteiger partial charge in [0.25, 0.3) is 0 Å². The topological polar surface area (TPSA) is 42.7 Å². The molecule has 5 heteroatoms. The normalized spacial score (nSPS) is 12.7. The van der Waals surface area contributed by atoms with Crippen molar-refractivity contribution in [3.63, 3.8) is 0 Å². The van der Waals surface area contributed by atoms with Crippen LogP contribution in [0, 0.1) is 20.8 Å². The molecule has 4 nitrogen and oxygen atoms in total. The number of likely N-dealkylation sites (N-methyl/N-ethyl adjacent to an activating group) is 1. The number of pyridine rings is 1. The van der Waals surface area contributed by atoms with E-state index in [2.05, 4.69) is 27.5 Å². The van der Waals surface area contributed by atoms with E-state index >= 15 is 0 Å². The summed E-state index contributed by atoms with van der Waals surface area (Å²) in [5.74, 6) is 0. The monoisotopic (exact) mass is 292 g/mol. The maximum Gasteiger partial charge on any atom is 0.0847 e. The van der Waals surface area contributed by atoms with Crippen molar-refractivity contribution in [2.75, 3.05) is 7.05 Å². The summed E-state index contributed by atoms with van der Waals surface area (Å²) < 4.78 is 1.86. The lowest BCUT2D eigenvalue weighted by Gasteiger charge is -2.18. The Morgan fingerprint density at radius 2 is 1.85 bits per heavy atom. The smallest absolute Gasteiger partial charge is 0.0847 e. The number of hydrogen-bond donors (Lipinski definition) is 1. The van der Waals surface area contributed by atoms with Gasteiger partial charge >= 0.3 is 0 Å². The second-order valence-electron chi connectivity index (χ2n) is 5.20. The van der Waals surface area contributed by atoms with E-state index in [1.165, 1.54) is 5.56 Å². The highest BCUT2D eigenvalue weighted by molar-refractivity contribution is 6.31. The van der Waals surface area contributed by atoms with Gasteiger partial charge < -0.3 is 5.32 Å². The van der Waals surface area contributed by atoms with Crippen LogP contribution in [-0.4, -0.2) is 21.8 Å². The van der Waals surface area contributed by atoms with Crippen molar-refractivity contribution in [2.45, 2.75) is 33.2 Å². The molecule has 0 aliphatic rings. The van der Waals surface area contributed by atoms with Crippen molar-refractivity contribution < 1.29 is 0 Å². The Morgan fingerprint density at radius 3 is 2.30 bits per heavy atom. The maximum absolute atomic E-state index is 6.34. The van der Waals surface area contributed by atoms with Gasteiger partial charge in [-0.05, 0) is 45.5 Å². The summed E-state index contributed by atoms with van der Waals surface area (Å²) in [5, 5.41) is 8.49. The highest BCUT2D eigenvalue weighted by atomic mass is 35.5. The van der Waals surface area contributed by atoms with Crippen LogP contribution in [0.2, 0.25) is 5.02 Å². The van der Waals surface area contributed by atoms with Gasteiger partial charge in [-0.1, -0.05) is 11.6 Å². The molecule has 1 unspecified atom stereocenters. The molecule has 0 saturated heterocycles. The van der Waals surface area contributed by atoms with Crippen LogP contribution >= 0.6 is 11.6 Å². The van der Waals surface area contributed by atoms with E-state index in [4.69, 9.17) is 11.6 Å². The van der Waals surface area contributed by atoms with E-state index < -0.39 is 0 Å². The Balaban J connectivity index is 2.33. The molecule has 0 saturated carbocycles. The lowest BCUT2D eigenvalue weighted by atomic mass is 10.0. The van der Waals surface area contributed by atoms with Crippen LogP contribution in [0.4, 0.5) is 0 Å². The van der Waals surface area contributed by atoms with Gasteiger partial charge in [-0.2, -0.15) is 5.10 Å². The summed E-state index contributed by atoms with van der Waals surface area (Å²) >= 11 is 6.34. The van der Waals surface area contributed by atoms with E-state index in [9.17, 15) is 0 Å². The van der Waals surface area contributed by atoms with Gasteiger partial charge in [-0.15, -0.1) is 0 Å². The lowest BCUT2D eigenvalue weighted by molar-refractivity contribution is 0.560. The minimum Gasteiger partial charge on any atom is -0.313 e. The molecule has 0 aromatic carbocycles. The van der Waals surface area contributed by atoms with E-state index in [1.807, 2.05) is 39.5 Å². The van der Waals surface area contributed by atoms with Crippen LogP contribution in [0.25, 0.3) is 0 Å². The maximum atomic E-state index is 6.34. The highest BCUT2D eigenvalue weighted by Gasteiger charge is 2.18. The van der Waals surface area contributed by atoms with Gasteiger partial charge in [0.15, 0.2) is 0 Å². The van der Waals surface area contributed by atoms with Crippen LogP contribution in [0.15, 0.2) is 12.1 Å². The second kappa shape index (κ2) is 5.94. The summed E-state index contributed by atoms with van der Waals surface area (Å²) in [7, 11) is 3.90. The zero-order chi connectivity index (χ0) is 14.9. The molecule has 0 radical (unpaired) electrons. The second-order valence-corrected chi connectivity index (χ2v) is 5.58. The van der Waals surface area contributed by atoms with Crippen molar-refractivity contribution in [3.8, 4) is 0 Å². The molecule has 0 amide bonds. The predicted molar refractivity (Wildman–Crippen MR) is 82.2 cm³/mol. The van der Waals surface area contributed by atoms with Crippen LogP contribution in [0.5, 0.6) is 0 Å². The standard InChI is InChI=1S/C15H21ClN4/c1-9-6-12(7-10(2)18-9)13(17-4)8-14-15(16)11(3)19-20(14)5/h6-7,13,17H,8H2,1-5H3. The molecule has 0 aliphatic heterocycles. The Hall–Kier alpha value is -1.39. The summed E-state index contributed by atoms with van der Waals surface area (Å²) in [4.78, 5) is 4.43. The van der Waals surface area contributed by atoms with Gasteiger partial charge in [0.1, 0.15) is 0 Å². The molecule has 2 aromatic heterocycles. The van der Waals surface area contributed by atoms with Gasteiger partial charge in [0, 0.05) is 30.9 Å². The quantitative estimate of drug-likeness (QED) is 0.942. The van der Waals surface area contributed by atoms with Crippen molar-refractivity contribution in [3.05, 3.63) is 45.5 Å². The molecule has 108 valence electrons. The van der Waals surface area contributed by atoms with Gasteiger partial charge in [-0.3, -0.25) is 9.67 Å². The number of nitrogens with zero attached hydrogens (tertiary/aromatic N) is 3. The van der Waals surface area contributed by atoms with Crippen molar-refractivity contribution in [1.82, 2.24) is 20.1 Å². The molecule has 0 spiro atoms. The number of aryl methyl sites for hydroxylation is 4.